The van der Waals surface area contributed by atoms with Gasteiger partial charge < -0.3 is 40.9 Å². The van der Waals surface area contributed by atoms with Crippen molar-refractivity contribution < 1.29 is 40.9 Å². The van der Waals surface area contributed by atoms with Gasteiger partial charge in [-0.15, -0.1) is 0 Å². The fourth-order valence-electron chi connectivity index (χ4n) is 10.9. The molecule has 0 aliphatic heterocycles. The summed E-state index contributed by atoms with van der Waals surface area (Å²) in [5.41, 5.74) is 0. The molecule has 0 spiro atoms. The van der Waals surface area contributed by atoms with Crippen LogP contribution in [0.3, 0.4) is 0 Å². The summed E-state index contributed by atoms with van der Waals surface area (Å²) in [5.74, 6) is 0. The highest BCUT2D eigenvalue weighted by Gasteiger charge is 2.43. The molecule has 4 aromatic rings. The molecule has 0 bridgehead atoms. The van der Waals surface area contributed by atoms with Crippen molar-refractivity contribution in [3.05, 3.63) is 97.1 Å². The van der Waals surface area contributed by atoms with Gasteiger partial charge in [0.2, 0.25) is 0 Å². The zero-order valence-electron chi connectivity index (χ0n) is 40.3. The molecule has 0 saturated carbocycles. The maximum absolute atomic E-state index is 9.91. The molecule has 4 aromatic carbocycles. The van der Waals surface area contributed by atoms with Crippen LogP contribution < -0.4 is 41.5 Å². The Labute approximate surface area is 396 Å². The Morgan fingerprint density at radius 3 is 0.477 bits per heavy atom. The highest BCUT2D eigenvalue weighted by atomic mass is 28.3. The summed E-state index contributed by atoms with van der Waals surface area (Å²) in [4.78, 5) is 0. The molecule has 0 aliphatic carbocycles. The van der Waals surface area contributed by atoms with Gasteiger partial charge in [-0.1, -0.05) is 192 Å². The maximum atomic E-state index is 9.91. The lowest BCUT2D eigenvalue weighted by atomic mass is 10.3. The van der Waals surface area contributed by atoms with Gasteiger partial charge in [-0.3, -0.25) is 0 Å². The first-order valence-corrected chi connectivity index (χ1v) is 38.3. The number of benzene rings is 4. The molecule has 8 nitrogen and oxygen atoms in total. The van der Waals surface area contributed by atoms with E-state index in [1.54, 1.807) is 0 Å². The van der Waals surface area contributed by atoms with Crippen LogP contribution in [0, 0.1) is 0 Å². The molecule has 0 heterocycles. The van der Waals surface area contributed by atoms with Crippen LogP contribution in [0.1, 0.15) is 51.4 Å². The van der Waals surface area contributed by atoms with Crippen molar-refractivity contribution in [2.75, 3.05) is 52.9 Å². The summed E-state index contributed by atoms with van der Waals surface area (Å²) in [5, 5.41) is 89.8. The lowest BCUT2D eigenvalue weighted by molar-refractivity contribution is 0.291. The molecule has 0 radical (unpaired) electrons. The minimum atomic E-state index is -3.09. The molecule has 65 heavy (non-hydrogen) atoms. The minimum Gasteiger partial charge on any atom is -0.396 e. The normalized spacial score (nSPS) is 12.9. The summed E-state index contributed by atoms with van der Waals surface area (Å²) in [6, 6.07) is 45.5. The Morgan fingerprint density at radius 1 is 0.231 bits per heavy atom. The van der Waals surface area contributed by atoms with Crippen molar-refractivity contribution in [3.63, 3.8) is 0 Å². The molecular formula is C52H84O8Si5. The van der Waals surface area contributed by atoms with Crippen molar-refractivity contribution in [1.29, 1.82) is 0 Å². The Hall–Kier alpha value is -2.36. The Balaban J connectivity index is 2.10. The molecule has 0 unspecified atom stereocenters. The first-order chi connectivity index (χ1) is 31.3. The highest BCUT2D eigenvalue weighted by Crippen LogP contribution is 2.25. The SMILES string of the molecule is C[Si](CCCO)(CCCO)c1ccc([Si](c2ccc([Si](C)(CCCO)CCCO)cc2)(c2ccc([Si](C)(CCCO)CCCO)cc2)c2ccc([Si](C)(CCCO)CCCO)cc2)cc1. The highest BCUT2D eigenvalue weighted by molar-refractivity contribution is 7.20. The standard InChI is InChI=1S/C52H84O8Si5/c1-61(37-5-29-53,38-6-30-54)45-13-21-49(22-14-45)65(50-23-15-46(16-24-50)62(2,39-7-31-55)40-8-32-56,51-25-17-47(18-26-51)63(3,41-9-33-57)42-10-34-58)52-27-19-48(20-28-52)64(4,43-11-35-59)44-12-36-60/h13-28,53-60H,5-12,29-44H2,1-4H3. The predicted molar refractivity (Wildman–Crippen MR) is 287 cm³/mol. The van der Waals surface area contributed by atoms with Gasteiger partial charge in [0, 0.05) is 52.9 Å². The zero-order chi connectivity index (χ0) is 47.4. The van der Waals surface area contributed by atoms with Crippen LogP contribution in [0.15, 0.2) is 97.1 Å². The summed E-state index contributed by atoms with van der Waals surface area (Å²) in [6.07, 6.45) is 5.97. The van der Waals surface area contributed by atoms with Crippen LogP contribution in [0.25, 0.3) is 0 Å². The second kappa shape index (κ2) is 27.0. The molecule has 8 N–H and O–H groups in total. The van der Waals surface area contributed by atoms with Crippen molar-refractivity contribution in [3.8, 4) is 0 Å². The molecule has 0 atom stereocenters. The smallest absolute Gasteiger partial charge is 0.179 e. The molecular weight excluding hydrogens is 893 g/mol. The zero-order valence-corrected chi connectivity index (χ0v) is 45.3. The Bertz CT molecular complexity index is 1610. The second-order valence-corrected chi connectivity index (χ2v) is 42.5. The fraction of sp³-hybridized carbons (Fsp3) is 0.538. The van der Waals surface area contributed by atoms with Crippen LogP contribution in [0.2, 0.25) is 74.5 Å². The predicted octanol–water partition coefficient (Wildman–Crippen LogP) is 3.27. The number of aliphatic hydroxyl groups is 8. The quantitative estimate of drug-likeness (QED) is 0.0274. The third kappa shape index (κ3) is 13.9. The molecule has 0 saturated heterocycles. The average molecular weight is 978 g/mol. The van der Waals surface area contributed by atoms with Crippen molar-refractivity contribution in [2.24, 2.45) is 0 Å². The Morgan fingerprint density at radius 2 is 0.354 bits per heavy atom. The van der Waals surface area contributed by atoms with Gasteiger partial charge in [-0.2, -0.15) is 0 Å². The van der Waals surface area contributed by atoms with Crippen molar-refractivity contribution in [2.45, 2.75) is 126 Å². The van der Waals surface area contributed by atoms with E-state index < -0.39 is 40.4 Å². The summed E-state index contributed by atoms with van der Waals surface area (Å²) < 4.78 is 0. The molecule has 0 amide bonds. The van der Waals surface area contributed by atoms with Crippen molar-refractivity contribution in [1.82, 2.24) is 0 Å². The van der Waals surface area contributed by atoms with Gasteiger partial charge >= 0.3 is 0 Å². The van der Waals surface area contributed by atoms with Crippen LogP contribution in [-0.2, 0) is 0 Å². The lowest BCUT2D eigenvalue weighted by Gasteiger charge is -2.37. The molecule has 360 valence electrons. The summed E-state index contributed by atoms with van der Waals surface area (Å²) in [7, 11) is -11.2. The van der Waals surface area contributed by atoms with Crippen LogP contribution >= 0.6 is 0 Å². The number of hydrogen-bond acceptors (Lipinski definition) is 8. The van der Waals surface area contributed by atoms with Gasteiger partial charge in [0.15, 0.2) is 8.07 Å². The second-order valence-electron chi connectivity index (χ2n) is 19.9. The van der Waals surface area contributed by atoms with Gasteiger partial charge in [0.05, 0.1) is 32.3 Å². The van der Waals surface area contributed by atoms with E-state index >= 15 is 0 Å². The van der Waals surface area contributed by atoms with Crippen LogP contribution in [0.4, 0.5) is 0 Å². The van der Waals surface area contributed by atoms with E-state index in [0.717, 1.165) is 99.7 Å². The van der Waals surface area contributed by atoms with E-state index in [2.05, 4.69) is 123 Å². The van der Waals surface area contributed by atoms with Crippen LogP contribution in [-0.4, -0.2) is 134 Å². The van der Waals surface area contributed by atoms with Gasteiger partial charge in [0.25, 0.3) is 0 Å². The number of rotatable bonds is 32. The maximum Gasteiger partial charge on any atom is 0.179 e. The fourth-order valence-corrected chi connectivity index (χ4v) is 30.3. The monoisotopic (exact) mass is 977 g/mol. The van der Waals surface area contributed by atoms with Crippen LogP contribution in [0.5, 0.6) is 0 Å². The summed E-state index contributed by atoms with van der Waals surface area (Å²) >= 11 is 0. The third-order valence-electron chi connectivity index (χ3n) is 15.2. The molecule has 13 heteroatoms. The average Bonchev–Trinajstić information content (AvgIpc) is 3.34. The van der Waals surface area contributed by atoms with E-state index in [4.69, 9.17) is 0 Å². The molecule has 0 aromatic heterocycles. The van der Waals surface area contributed by atoms with Crippen molar-refractivity contribution >= 4 is 81.9 Å². The van der Waals surface area contributed by atoms with Gasteiger partial charge in [-0.25, -0.2) is 0 Å². The number of aliphatic hydroxyl groups excluding tert-OH is 8. The third-order valence-corrected chi connectivity index (χ3v) is 38.5. The first-order valence-electron chi connectivity index (χ1n) is 24.6. The Kier molecular flexibility index (Phi) is 22.9. The molecule has 0 fully saturated rings. The summed E-state index contributed by atoms with van der Waals surface area (Å²) in [6.45, 7) is 10.8. The van der Waals surface area contributed by atoms with Gasteiger partial charge in [0.1, 0.15) is 0 Å². The van der Waals surface area contributed by atoms with E-state index in [-0.39, 0.29) is 52.9 Å². The molecule has 0 aliphatic rings. The van der Waals surface area contributed by atoms with E-state index in [9.17, 15) is 40.9 Å². The lowest BCUT2D eigenvalue weighted by Crippen LogP contribution is -2.75. The number of hydrogen-bond donors (Lipinski definition) is 8. The topological polar surface area (TPSA) is 162 Å². The van der Waals surface area contributed by atoms with E-state index in [1.807, 2.05) is 0 Å². The van der Waals surface area contributed by atoms with E-state index in [0.29, 0.717) is 0 Å². The largest absolute Gasteiger partial charge is 0.396 e. The van der Waals surface area contributed by atoms with E-state index in [1.165, 1.54) is 41.5 Å². The molecule has 4 rings (SSSR count). The minimum absolute atomic E-state index is 0.156. The van der Waals surface area contributed by atoms with Gasteiger partial charge in [-0.05, 0) is 72.1 Å². The first kappa shape index (κ1) is 55.2.